The molecule has 2 amide bonds. The first-order valence-corrected chi connectivity index (χ1v) is 16.6. The van der Waals surface area contributed by atoms with Crippen molar-refractivity contribution in [2.75, 3.05) is 17.1 Å². The van der Waals surface area contributed by atoms with E-state index < -0.39 is 28.5 Å². The quantitative estimate of drug-likeness (QED) is 0.202. The van der Waals surface area contributed by atoms with Gasteiger partial charge in [-0.1, -0.05) is 101 Å². The van der Waals surface area contributed by atoms with Crippen LogP contribution in [-0.4, -0.2) is 50.0 Å². The monoisotopic (exact) mass is 691 g/mol. The smallest absolute Gasteiger partial charge is 0.244 e. The topological polar surface area (TPSA) is 86.8 Å². The lowest BCUT2D eigenvalue weighted by Gasteiger charge is -2.34. The van der Waals surface area contributed by atoms with Gasteiger partial charge in [0.2, 0.25) is 21.8 Å². The minimum atomic E-state index is -4.05. The molecule has 226 valence electrons. The van der Waals surface area contributed by atoms with E-state index >= 15 is 0 Å². The van der Waals surface area contributed by atoms with Crippen molar-refractivity contribution in [3.63, 3.8) is 0 Å². The predicted molar refractivity (Wildman–Crippen MR) is 173 cm³/mol. The number of sulfonamides is 1. The number of halogens is 5. The molecule has 13 heteroatoms. The second kappa shape index (κ2) is 15.0. The molecular formula is C29H30Cl5N3O4S. The summed E-state index contributed by atoms with van der Waals surface area (Å²) in [5, 5.41) is 3.72. The zero-order valence-electron chi connectivity index (χ0n) is 23.1. The molecule has 3 aromatic rings. The Bertz CT molecular complexity index is 1540. The first-order chi connectivity index (χ1) is 19.7. The van der Waals surface area contributed by atoms with Crippen LogP contribution in [0.25, 0.3) is 0 Å². The van der Waals surface area contributed by atoms with E-state index in [2.05, 4.69) is 5.32 Å². The van der Waals surface area contributed by atoms with Crippen molar-refractivity contribution < 1.29 is 18.0 Å². The van der Waals surface area contributed by atoms with Gasteiger partial charge in [-0.05, 0) is 48.7 Å². The fraction of sp³-hybridized carbons (Fsp3) is 0.310. The Labute approximate surface area is 271 Å². The molecule has 0 spiro atoms. The number of amides is 2. The average Bonchev–Trinajstić information content (AvgIpc) is 2.93. The summed E-state index contributed by atoms with van der Waals surface area (Å²) in [6.45, 7) is 3.06. The van der Waals surface area contributed by atoms with E-state index in [0.717, 1.165) is 16.1 Å². The minimum Gasteiger partial charge on any atom is -0.352 e. The summed E-state index contributed by atoms with van der Waals surface area (Å²) in [5.41, 5.74) is 1.37. The van der Waals surface area contributed by atoms with Crippen molar-refractivity contribution in [3.8, 4) is 0 Å². The number of nitrogens with one attached hydrogen (secondary N) is 1. The molecule has 3 rings (SSSR count). The van der Waals surface area contributed by atoms with Gasteiger partial charge in [-0.3, -0.25) is 13.9 Å². The maximum atomic E-state index is 14.2. The Morgan fingerprint density at radius 1 is 0.833 bits per heavy atom. The van der Waals surface area contributed by atoms with Crippen LogP contribution in [0, 0.1) is 0 Å². The molecule has 2 atom stereocenters. The highest BCUT2D eigenvalue weighted by Gasteiger charge is 2.34. The van der Waals surface area contributed by atoms with Crippen molar-refractivity contribution in [3.05, 3.63) is 96.9 Å². The zero-order chi connectivity index (χ0) is 31.2. The summed E-state index contributed by atoms with van der Waals surface area (Å²) < 4.78 is 26.8. The van der Waals surface area contributed by atoms with E-state index in [4.69, 9.17) is 58.0 Å². The molecule has 0 aliphatic carbocycles. The molecule has 0 heterocycles. The van der Waals surface area contributed by atoms with Crippen LogP contribution in [-0.2, 0) is 32.6 Å². The van der Waals surface area contributed by atoms with Gasteiger partial charge < -0.3 is 10.2 Å². The second-order valence-electron chi connectivity index (χ2n) is 9.78. The molecule has 0 fully saturated rings. The van der Waals surface area contributed by atoms with Gasteiger partial charge in [0.1, 0.15) is 12.6 Å². The van der Waals surface area contributed by atoms with E-state index in [-0.39, 0.29) is 50.7 Å². The molecule has 0 aliphatic heterocycles. The molecule has 0 aromatic heterocycles. The van der Waals surface area contributed by atoms with Crippen LogP contribution in [0.15, 0.2) is 60.7 Å². The predicted octanol–water partition coefficient (Wildman–Crippen LogP) is 7.27. The third kappa shape index (κ3) is 9.15. The minimum absolute atomic E-state index is 0.0194. The van der Waals surface area contributed by atoms with E-state index in [1.807, 2.05) is 44.2 Å². The normalized spacial score (nSPS) is 12.9. The van der Waals surface area contributed by atoms with Gasteiger partial charge >= 0.3 is 0 Å². The summed E-state index contributed by atoms with van der Waals surface area (Å²) in [7, 11) is -4.05. The van der Waals surface area contributed by atoms with Crippen LogP contribution in [0.3, 0.4) is 0 Å². The zero-order valence-corrected chi connectivity index (χ0v) is 27.7. The molecule has 3 aromatic carbocycles. The molecule has 7 nitrogen and oxygen atoms in total. The van der Waals surface area contributed by atoms with E-state index in [1.54, 1.807) is 18.2 Å². The van der Waals surface area contributed by atoms with Crippen molar-refractivity contribution >= 4 is 85.5 Å². The molecule has 0 aliphatic rings. The highest BCUT2D eigenvalue weighted by atomic mass is 35.5. The van der Waals surface area contributed by atoms with Gasteiger partial charge in [0.25, 0.3) is 0 Å². The summed E-state index contributed by atoms with van der Waals surface area (Å²) in [4.78, 5) is 29.2. The van der Waals surface area contributed by atoms with Gasteiger partial charge in [-0.15, -0.1) is 0 Å². The number of benzene rings is 3. The third-order valence-corrected chi connectivity index (χ3v) is 9.44. The second-order valence-corrected chi connectivity index (χ2v) is 13.7. The number of hydrogen-bond acceptors (Lipinski definition) is 4. The van der Waals surface area contributed by atoms with E-state index in [0.29, 0.717) is 17.0 Å². The van der Waals surface area contributed by atoms with Crippen LogP contribution in [0.4, 0.5) is 5.69 Å². The van der Waals surface area contributed by atoms with Crippen LogP contribution in [0.1, 0.15) is 31.4 Å². The molecule has 0 bridgehead atoms. The van der Waals surface area contributed by atoms with Crippen molar-refractivity contribution in [2.24, 2.45) is 0 Å². The summed E-state index contributed by atoms with van der Waals surface area (Å²) in [6, 6.07) is 15.5. The summed E-state index contributed by atoms with van der Waals surface area (Å²) >= 11 is 31.0. The highest BCUT2D eigenvalue weighted by Crippen LogP contribution is 2.36. The summed E-state index contributed by atoms with van der Waals surface area (Å²) in [6.07, 6.45) is 1.78. The van der Waals surface area contributed by atoms with E-state index in [9.17, 15) is 18.0 Å². The number of carbonyl (C=O) groups is 2. The Hall–Kier alpha value is -2.20. The number of anilines is 1. The first-order valence-electron chi connectivity index (χ1n) is 12.9. The summed E-state index contributed by atoms with van der Waals surface area (Å²) in [5.74, 6) is -1.05. The molecule has 42 heavy (non-hydrogen) atoms. The number of rotatable bonds is 12. The first kappa shape index (κ1) is 34.3. The van der Waals surface area contributed by atoms with Crippen LogP contribution in [0.2, 0.25) is 25.1 Å². The number of carbonyl (C=O) groups excluding carboxylic acids is 2. The SMILES string of the molecule is CC[C@H](C)NC(=O)[C@@H](Cc1ccccc1)N(Cc1ccc(Cl)c(Cl)c1)C(=O)CN(c1cc(Cl)c(Cl)cc1Cl)S(C)(=O)=O. The maximum Gasteiger partial charge on any atom is 0.244 e. The lowest BCUT2D eigenvalue weighted by atomic mass is 10.0. The standard InChI is InChI=1S/C29H30Cl5N3O4S/c1-4-18(2)35-29(39)27(13-19-8-6-5-7-9-19)36(16-20-10-11-21(30)22(31)12-20)28(38)17-37(42(3,40)41)26-15-24(33)23(32)14-25(26)34/h5-12,14-15,18,27H,4,13,16-17H2,1-3H3,(H,35,39)/t18-,27+/m0/s1. The van der Waals surface area contributed by atoms with Crippen molar-refractivity contribution in [1.29, 1.82) is 0 Å². The fourth-order valence-electron chi connectivity index (χ4n) is 4.13. The van der Waals surface area contributed by atoms with Gasteiger partial charge in [-0.2, -0.15) is 0 Å². The molecule has 0 radical (unpaired) electrons. The maximum absolute atomic E-state index is 14.2. The molecule has 0 unspecified atom stereocenters. The average molecular weight is 694 g/mol. The molecule has 0 saturated carbocycles. The van der Waals surface area contributed by atoms with Crippen LogP contribution in [0.5, 0.6) is 0 Å². The number of hydrogen-bond donors (Lipinski definition) is 1. The van der Waals surface area contributed by atoms with Crippen molar-refractivity contribution in [1.82, 2.24) is 10.2 Å². The van der Waals surface area contributed by atoms with Gasteiger partial charge in [0, 0.05) is 19.0 Å². The molecular weight excluding hydrogens is 664 g/mol. The van der Waals surface area contributed by atoms with Crippen LogP contribution < -0.4 is 9.62 Å². The Balaban J connectivity index is 2.12. The lowest BCUT2D eigenvalue weighted by Crippen LogP contribution is -2.54. The molecule has 0 saturated heterocycles. The Morgan fingerprint density at radius 2 is 1.45 bits per heavy atom. The van der Waals surface area contributed by atoms with Crippen LogP contribution >= 0.6 is 58.0 Å². The van der Waals surface area contributed by atoms with Gasteiger partial charge in [0.15, 0.2) is 0 Å². The fourth-order valence-corrected chi connectivity index (χ4v) is 5.99. The van der Waals surface area contributed by atoms with Gasteiger partial charge in [-0.25, -0.2) is 8.42 Å². The number of nitrogens with zero attached hydrogens (tertiary/aromatic N) is 2. The third-order valence-electron chi connectivity index (χ3n) is 6.55. The largest absolute Gasteiger partial charge is 0.352 e. The Kier molecular flexibility index (Phi) is 12.2. The van der Waals surface area contributed by atoms with Crippen molar-refractivity contribution in [2.45, 2.75) is 45.3 Å². The highest BCUT2D eigenvalue weighted by molar-refractivity contribution is 7.92. The molecule has 1 N–H and O–H groups in total. The van der Waals surface area contributed by atoms with E-state index in [1.165, 1.54) is 17.0 Å². The lowest BCUT2D eigenvalue weighted by molar-refractivity contribution is -0.140. The Morgan fingerprint density at radius 3 is 2.05 bits per heavy atom. The van der Waals surface area contributed by atoms with Gasteiger partial charge in [0.05, 0.1) is 37.1 Å².